The second-order valence-electron chi connectivity index (χ2n) is 5.47. The van der Waals surface area contributed by atoms with Gasteiger partial charge in [-0.2, -0.15) is 29.0 Å². The number of hydrogen-bond acceptors (Lipinski definition) is 1. The molecule has 0 aliphatic rings. The molecular formula is C20H10F7OY-. The van der Waals surface area contributed by atoms with Crippen molar-refractivity contribution >= 4 is 6.04 Å². The van der Waals surface area contributed by atoms with E-state index in [1.54, 1.807) is 24.3 Å². The van der Waals surface area contributed by atoms with Gasteiger partial charge in [-0.05, 0) is 23.3 Å². The van der Waals surface area contributed by atoms with E-state index in [0.29, 0.717) is 5.56 Å². The van der Waals surface area contributed by atoms with Gasteiger partial charge in [0.05, 0.1) is 0 Å². The Hall–Kier alpha value is -2.19. The second kappa shape index (κ2) is 10.6. The molecule has 0 bridgehead atoms. The normalized spacial score (nSPS) is 9.90. The Morgan fingerprint density at radius 2 is 1.14 bits per heavy atom. The molecule has 0 atom stereocenters. The van der Waals surface area contributed by atoms with Crippen LogP contribution >= 0.6 is 0 Å². The summed E-state index contributed by atoms with van der Waals surface area (Å²) in [7, 11) is 0. The molecule has 149 valence electrons. The molecule has 1 nitrogen and oxygen atoms in total. The summed E-state index contributed by atoms with van der Waals surface area (Å²) in [6.45, 7) is 3.69. The standard InChI is InChI=1S/C14H8F3O.C6H2F4.Y/c1-8-2-4-9(5-3-8)10-6-11(15)13(14(17)18)12(16)7-10;7-3-1-4(8)6(10)5(9)2-3;/h2-7H,1H2;1-2H;/q-1;;. The summed E-state index contributed by atoms with van der Waals surface area (Å²) in [5.74, 6) is -8.24. The third-order valence-corrected chi connectivity index (χ3v) is 3.47. The van der Waals surface area contributed by atoms with Gasteiger partial charge in [0.2, 0.25) is 0 Å². The zero-order valence-electron chi connectivity index (χ0n) is 14.5. The molecule has 0 spiro atoms. The summed E-state index contributed by atoms with van der Waals surface area (Å²) < 4.78 is 87.2. The van der Waals surface area contributed by atoms with Crippen LogP contribution in [0.5, 0.6) is 0 Å². The summed E-state index contributed by atoms with van der Waals surface area (Å²) >= 11 is 0. The van der Waals surface area contributed by atoms with Crippen LogP contribution in [0.4, 0.5) is 30.7 Å². The molecule has 0 aliphatic carbocycles. The van der Waals surface area contributed by atoms with Crippen molar-refractivity contribution in [2.45, 2.75) is 0 Å². The van der Waals surface area contributed by atoms with Gasteiger partial charge in [-0.3, -0.25) is 4.79 Å². The first kappa shape index (κ1) is 24.9. The van der Waals surface area contributed by atoms with E-state index in [1.807, 2.05) is 0 Å². The fraction of sp³-hybridized carbons (Fsp3) is 0. The molecule has 0 unspecified atom stereocenters. The van der Waals surface area contributed by atoms with Gasteiger partial charge >= 0.3 is 6.04 Å². The Morgan fingerprint density at radius 1 is 0.690 bits per heavy atom. The largest absolute Gasteiger partial charge is 0.338 e. The molecule has 0 aliphatic heterocycles. The maximum atomic E-state index is 13.4. The fourth-order valence-corrected chi connectivity index (χ4v) is 2.15. The van der Waals surface area contributed by atoms with Crippen molar-refractivity contribution in [3.05, 3.63) is 101 Å². The van der Waals surface area contributed by atoms with Crippen LogP contribution in [0.25, 0.3) is 11.1 Å². The van der Waals surface area contributed by atoms with Crippen LogP contribution in [-0.2, 0) is 32.7 Å². The molecular weight excluding hydrogens is 478 g/mol. The van der Waals surface area contributed by atoms with E-state index in [9.17, 15) is 35.5 Å². The maximum Gasteiger partial charge on any atom is 0.338 e. The van der Waals surface area contributed by atoms with Crippen molar-refractivity contribution in [1.82, 2.24) is 0 Å². The summed E-state index contributed by atoms with van der Waals surface area (Å²) in [6.07, 6.45) is 0. The number of rotatable bonds is 2. The summed E-state index contributed by atoms with van der Waals surface area (Å²) in [6, 6.07) is 6.91. The molecule has 0 N–H and O–H groups in total. The number of hydrogen-bond donors (Lipinski definition) is 0. The number of benzene rings is 3. The molecule has 0 saturated heterocycles. The molecule has 9 heteroatoms. The molecule has 0 amide bonds. The van der Waals surface area contributed by atoms with Crippen LogP contribution in [0, 0.1) is 41.8 Å². The van der Waals surface area contributed by atoms with Crippen molar-refractivity contribution < 1.29 is 68.2 Å². The molecule has 0 saturated carbocycles. The minimum Gasteiger partial charge on any atom is -0.255 e. The second-order valence-corrected chi connectivity index (χ2v) is 5.47. The number of carbonyl (C=O) groups is 1. The minimum atomic E-state index is -2.12. The van der Waals surface area contributed by atoms with Crippen molar-refractivity contribution in [3.63, 3.8) is 0 Å². The van der Waals surface area contributed by atoms with Crippen LogP contribution in [0.15, 0.2) is 48.5 Å². The van der Waals surface area contributed by atoms with Crippen LogP contribution < -0.4 is 0 Å². The van der Waals surface area contributed by atoms with Crippen molar-refractivity contribution in [2.75, 3.05) is 0 Å². The molecule has 3 aromatic carbocycles. The first-order valence-corrected chi connectivity index (χ1v) is 7.51. The first-order valence-electron chi connectivity index (χ1n) is 7.51. The van der Waals surface area contributed by atoms with Crippen molar-refractivity contribution in [3.8, 4) is 11.1 Å². The van der Waals surface area contributed by atoms with Gasteiger partial charge in [0.15, 0.2) is 17.5 Å². The smallest absolute Gasteiger partial charge is 0.255 e. The van der Waals surface area contributed by atoms with Crippen LogP contribution in [0.2, 0.25) is 0 Å². The molecule has 3 aromatic rings. The van der Waals surface area contributed by atoms with E-state index >= 15 is 0 Å². The van der Waals surface area contributed by atoms with Gasteiger partial charge < -0.3 is 0 Å². The van der Waals surface area contributed by atoms with E-state index in [0.717, 1.165) is 17.7 Å². The van der Waals surface area contributed by atoms with Crippen molar-refractivity contribution in [2.24, 2.45) is 0 Å². The van der Waals surface area contributed by atoms with E-state index in [-0.39, 0.29) is 50.4 Å². The Labute approximate surface area is 186 Å². The predicted octanol–water partition coefficient (Wildman–Crippen LogP) is 6.16. The third-order valence-electron chi connectivity index (χ3n) is 3.47. The third kappa shape index (κ3) is 6.40. The van der Waals surface area contributed by atoms with E-state index in [1.165, 1.54) is 0 Å². The van der Waals surface area contributed by atoms with Gasteiger partial charge in [-0.15, -0.1) is 12.1 Å². The average Bonchev–Trinajstić information content (AvgIpc) is 2.59. The Bertz CT molecular complexity index is 974. The van der Waals surface area contributed by atoms with Crippen LogP contribution in [0.3, 0.4) is 0 Å². The zero-order chi connectivity index (χ0) is 21.0. The molecule has 29 heavy (non-hydrogen) atoms. The SMILES string of the molecule is Fc1cc(F)c(F)c(F)c1.[CH2-]c1ccc(-c2cc(F)c(C(=O)F)c(F)c2)cc1.[Y]. The minimum absolute atomic E-state index is 0. The summed E-state index contributed by atoms with van der Waals surface area (Å²) in [5.41, 5.74) is 0.385. The molecule has 0 heterocycles. The molecule has 3 rings (SSSR count). The van der Waals surface area contributed by atoms with E-state index in [2.05, 4.69) is 6.92 Å². The van der Waals surface area contributed by atoms with Gasteiger partial charge in [0.1, 0.15) is 23.0 Å². The zero-order valence-corrected chi connectivity index (χ0v) is 17.3. The Kier molecular flexibility index (Phi) is 9.04. The maximum absolute atomic E-state index is 13.4. The summed E-state index contributed by atoms with van der Waals surface area (Å²) in [4.78, 5) is 10.4. The van der Waals surface area contributed by atoms with Gasteiger partial charge in [0.25, 0.3) is 0 Å². The Morgan fingerprint density at radius 3 is 1.55 bits per heavy atom. The van der Waals surface area contributed by atoms with Gasteiger partial charge in [-0.25, -0.2) is 26.3 Å². The predicted molar refractivity (Wildman–Crippen MR) is 88.0 cm³/mol. The van der Waals surface area contributed by atoms with Gasteiger partial charge in [0, 0.05) is 44.8 Å². The fourth-order valence-electron chi connectivity index (χ4n) is 2.15. The average molecular weight is 488 g/mol. The van der Waals surface area contributed by atoms with Gasteiger partial charge in [-0.1, -0.05) is 0 Å². The molecule has 0 aromatic heterocycles. The number of carbonyl (C=O) groups excluding carboxylic acids is 1. The topological polar surface area (TPSA) is 17.1 Å². The van der Waals surface area contributed by atoms with Crippen molar-refractivity contribution in [1.29, 1.82) is 0 Å². The first-order chi connectivity index (χ1) is 13.1. The van der Waals surface area contributed by atoms with Crippen LogP contribution in [-0.4, -0.2) is 6.04 Å². The Balaban J connectivity index is 0.000000327. The molecule has 1 radical (unpaired) electrons. The number of halogens is 7. The summed E-state index contributed by atoms with van der Waals surface area (Å²) in [5, 5.41) is 0. The van der Waals surface area contributed by atoms with Crippen LogP contribution in [0.1, 0.15) is 15.9 Å². The quantitative estimate of drug-likeness (QED) is 0.139. The monoisotopic (exact) mass is 488 g/mol. The molecule has 0 fully saturated rings. The van der Waals surface area contributed by atoms with E-state index < -0.39 is 46.5 Å². The van der Waals surface area contributed by atoms with E-state index in [4.69, 9.17) is 0 Å².